The van der Waals surface area contributed by atoms with Gasteiger partial charge in [-0.2, -0.15) is 0 Å². The maximum absolute atomic E-state index is 11.5. The minimum atomic E-state index is -2.94. The Hall–Kier alpha value is -0.0900. The Morgan fingerprint density at radius 1 is 1.38 bits per heavy atom. The molecule has 0 aromatic heterocycles. The fourth-order valence-corrected chi connectivity index (χ4v) is 3.78. The molecule has 0 aromatic rings. The number of hydrogen-bond donors (Lipinski definition) is 1. The molecule has 0 saturated heterocycles. The van der Waals surface area contributed by atoms with Gasteiger partial charge in [0.1, 0.15) is 9.84 Å². The van der Waals surface area contributed by atoms with Crippen LogP contribution in [0.25, 0.3) is 0 Å². The van der Waals surface area contributed by atoms with Crippen molar-refractivity contribution < 1.29 is 13.5 Å². The van der Waals surface area contributed by atoms with Gasteiger partial charge in [0, 0.05) is 6.26 Å². The summed E-state index contributed by atoms with van der Waals surface area (Å²) in [6.07, 6.45) is 5.23. The Balaban J connectivity index is 2.64. The number of aliphatic hydroxyl groups is 1. The van der Waals surface area contributed by atoms with E-state index in [1.807, 2.05) is 6.92 Å². The van der Waals surface area contributed by atoms with Crippen molar-refractivity contribution in [3.05, 3.63) is 0 Å². The lowest BCUT2D eigenvalue weighted by Gasteiger charge is -2.33. The first kappa shape index (κ1) is 14.0. The lowest BCUT2D eigenvalue weighted by Crippen LogP contribution is -2.35. The van der Waals surface area contributed by atoms with Crippen LogP contribution in [0.5, 0.6) is 0 Å². The predicted molar refractivity (Wildman–Crippen MR) is 66.1 cm³/mol. The quantitative estimate of drug-likeness (QED) is 0.828. The van der Waals surface area contributed by atoms with Crippen molar-refractivity contribution in [2.45, 2.75) is 57.3 Å². The molecule has 0 aliphatic heterocycles. The predicted octanol–water partition coefficient (Wildman–Crippen LogP) is 2.00. The molecule has 1 saturated carbocycles. The molecule has 1 N–H and O–H groups in total. The largest absolute Gasteiger partial charge is 0.393 e. The molecule has 0 bridgehead atoms. The van der Waals surface area contributed by atoms with E-state index >= 15 is 0 Å². The number of hydrogen-bond acceptors (Lipinski definition) is 3. The summed E-state index contributed by atoms with van der Waals surface area (Å²) in [6.45, 7) is 4.10. The first-order chi connectivity index (χ1) is 7.36. The lowest BCUT2D eigenvalue weighted by molar-refractivity contribution is 0.0392. The lowest BCUT2D eigenvalue weighted by atomic mass is 9.80. The first-order valence-corrected chi connectivity index (χ1v) is 8.18. The van der Waals surface area contributed by atoms with Crippen LogP contribution < -0.4 is 0 Å². The second kappa shape index (κ2) is 5.50. The summed E-state index contributed by atoms with van der Waals surface area (Å²) in [5.41, 5.74) is 0. The molecule has 0 aromatic carbocycles. The van der Waals surface area contributed by atoms with Crippen LogP contribution in [0.3, 0.4) is 0 Å². The van der Waals surface area contributed by atoms with Crippen LogP contribution in [0.4, 0.5) is 0 Å². The van der Waals surface area contributed by atoms with Crippen LogP contribution in [0.1, 0.15) is 46.0 Å². The fourth-order valence-electron chi connectivity index (χ4n) is 2.59. The maximum atomic E-state index is 11.5. The normalized spacial score (nSPS) is 31.0. The highest BCUT2D eigenvalue weighted by Crippen LogP contribution is 2.33. The third-order valence-corrected chi connectivity index (χ3v) is 5.62. The third kappa shape index (κ3) is 3.45. The summed E-state index contributed by atoms with van der Waals surface area (Å²) in [6, 6.07) is 0. The zero-order chi connectivity index (χ0) is 12.3. The smallest absolute Gasteiger partial charge is 0.150 e. The Morgan fingerprint density at radius 3 is 2.50 bits per heavy atom. The number of rotatable bonds is 4. The van der Waals surface area contributed by atoms with Crippen molar-refractivity contribution in [3.63, 3.8) is 0 Å². The maximum Gasteiger partial charge on any atom is 0.150 e. The van der Waals surface area contributed by atoms with E-state index in [0.717, 1.165) is 25.7 Å². The van der Waals surface area contributed by atoms with Gasteiger partial charge in [0.15, 0.2) is 0 Å². The van der Waals surface area contributed by atoms with Crippen LogP contribution >= 0.6 is 0 Å². The van der Waals surface area contributed by atoms with Gasteiger partial charge in [-0.15, -0.1) is 0 Å². The molecule has 96 valence electrons. The van der Waals surface area contributed by atoms with E-state index in [9.17, 15) is 13.5 Å². The van der Waals surface area contributed by atoms with Gasteiger partial charge in [-0.3, -0.25) is 0 Å². The molecule has 0 radical (unpaired) electrons. The van der Waals surface area contributed by atoms with E-state index in [1.54, 1.807) is 0 Å². The van der Waals surface area contributed by atoms with Gasteiger partial charge in [0.2, 0.25) is 0 Å². The number of sulfone groups is 1. The zero-order valence-electron chi connectivity index (χ0n) is 10.5. The molecular formula is C12H24O3S. The van der Waals surface area contributed by atoms with Crippen molar-refractivity contribution in [1.29, 1.82) is 0 Å². The molecule has 1 aliphatic carbocycles. The molecule has 0 heterocycles. The molecule has 0 spiro atoms. The van der Waals surface area contributed by atoms with E-state index in [2.05, 4.69) is 6.92 Å². The van der Waals surface area contributed by atoms with Gasteiger partial charge in [-0.1, -0.05) is 26.7 Å². The topological polar surface area (TPSA) is 54.4 Å². The standard InChI is InChI=1S/C12H24O3S/c1-4-9(2)12(13)10-6-5-7-11(8-10)16(3,14)15/h9-13H,4-8H2,1-3H3. The summed E-state index contributed by atoms with van der Waals surface area (Å²) >= 11 is 0. The zero-order valence-corrected chi connectivity index (χ0v) is 11.3. The summed E-state index contributed by atoms with van der Waals surface area (Å²) in [7, 11) is -2.94. The van der Waals surface area contributed by atoms with Gasteiger partial charge in [0.25, 0.3) is 0 Å². The van der Waals surface area contributed by atoms with Crippen LogP contribution in [0.2, 0.25) is 0 Å². The fraction of sp³-hybridized carbons (Fsp3) is 1.00. The highest BCUT2D eigenvalue weighted by Gasteiger charge is 2.33. The summed E-state index contributed by atoms with van der Waals surface area (Å²) < 4.78 is 23.0. The monoisotopic (exact) mass is 248 g/mol. The molecule has 16 heavy (non-hydrogen) atoms. The SMILES string of the molecule is CCC(C)C(O)C1CCCC(S(C)(=O)=O)C1. The number of aliphatic hydroxyl groups excluding tert-OH is 1. The van der Waals surface area contributed by atoms with Gasteiger partial charge in [-0.05, 0) is 31.1 Å². The Morgan fingerprint density at radius 2 is 2.00 bits per heavy atom. The molecule has 4 atom stereocenters. The van der Waals surface area contributed by atoms with Crippen LogP contribution in [0, 0.1) is 11.8 Å². The third-order valence-electron chi connectivity index (χ3n) is 3.98. The van der Waals surface area contributed by atoms with E-state index in [1.165, 1.54) is 6.26 Å². The second-order valence-corrected chi connectivity index (χ2v) is 7.58. The minimum absolute atomic E-state index is 0.170. The molecule has 0 amide bonds. The van der Waals surface area contributed by atoms with Crippen molar-refractivity contribution in [3.8, 4) is 0 Å². The van der Waals surface area contributed by atoms with Crippen molar-refractivity contribution in [1.82, 2.24) is 0 Å². The molecule has 3 nitrogen and oxygen atoms in total. The molecule has 1 fully saturated rings. The Labute approximate surface area is 99.2 Å². The van der Waals surface area contributed by atoms with E-state index < -0.39 is 9.84 Å². The highest BCUT2D eigenvalue weighted by molar-refractivity contribution is 7.91. The van der Waals surface area contributed by atoms with Gasteiger partial charge in [0.05, 0.1) is 11.4 Å². The minimum Gasteiger partial charge on any atom is -0.393 e. The highest BCUT2D eigenvalue weighted by atomic mass is 32.2. The first-order valence-electron chi connectivity index (χ1n) is 6.23. The molecular weight excluding hydrogens is 224 g/mol. The summed E-state index contributed by atoms with van der Waals surface area (Å²) in [4.78, 5) is 0. The van der Waals surface area contributed by atoms with Gasteiger partial charge < -0.3 is 5.11 Å². The van der Waals surface area contributed by atoms with Crippen molar-refractivity contribution in [2.75, 3.05) is 6.26 Å². The van der Waals surface area contributed by atoms with Crippen LogP contribution in [-0.4, -0.2) is 31.1 Å². The van der Waals surface area contributed by atoms with Crippen LogP contribution in [0.15, 0.2) is 0 Å². The Bertz CT molecular complexity index is 310. The van der Waals surface area contributed by atoms with Crippen molar-refractivity contribution in [2.24, 2.45) is 11.8 Å². The van der Waals surface area contributed by atoms with E-state index in [0.29, 0.717) is 6.42 Å². The van der Waals surface area contributed by atoms with Crippen molar-refractivity contribution >= 4 is 9.84 Å². The molecule has 1 aliphatic rings. The van der Waals surface area contributed by atoms with E-state index in [-0.39, 0.29) is 23.2 Å². The molecule has 4 unspecified atom stereocenters. The Kier molecular flexibility index (Phi) is 4.80. The molecule has 1 rings (SSSR count). The van der Waals surface area contributed by atoms with E-state index in [4.69, 9.17) is 0 Å². The average molecular weight is 248 g/mol. The summed E-state index contributed by atoms with van der Waals surface area (Å²) in [5, 5.41) is 9.90. The van der Waals surface area contributed by atoms with Gasteiger partial charge >= 0.3 is 0 Å². The van der Waals surface area contributed by atoms with Gasteiger partial charge in [-0.25, -0.2) is 8.42 Å². The average Bonchev–Trinajstić information content (AvgIpc) is 2.26. The second-order valence-electron chi connectivity index (χ2n) is 5.25. The van der Waals surface area contributed by atoms with Crippen LogP contribution in [-0.2, 0) is 9.84 Å². The summed E-state index contributed by atoms with van der Waals surface area (Å²) in [5.74, 6) is 0.437. The molecule has 4 heteroatoms.